The van der Waals surface area contributed by atoms with E-state index in [9.17, 15) is 0 Å². The van der Waals surface area contributed by atoms with Crippen LogP contribution in [0.2, 0.25) is 0 Å². The van der Waals surface area contributed by atoms with E-state index >= 15 is 0 Å². The zero-order valence-corrected chi connectivity index (χ0v) is 14.4. The van der Waals surface area contributed by atoms with Crippen LogP contribution in [0.1, 0.15) is 17.2 Å². The molecule has 2 aromatic carbocycles. The number of hydrogen-bond acceptors (Lipinski definition) is 3. The summed E-state index contributed by atoms with van der Waals surface area (Å²) in [5.41, 5.74) is 8.27. The molecule has 0 saturated carbocycles. The molecule has 0 heterocycles. The first-order chi connectivity index (χ1) is 9.55. The van der Waals surface area contributed by atoms with Crippen molar-refractivity contribution in [1.82, 2.24) is 0 Å². The van der Waals surface area contributed by atoms with Crippen LogP contribution in [0.25, 0.3) is 0 Å². The molecular weight excluding hydrogens is 386 g/mol. The summed E-state index contributed by atoms with van der Waals surface area (Å²) in [6.07, 6.45) is 0. The third kappa shape index (κ3) is 3.34. The normalized spacial score (nSPS) is 12.1. The van der Waals surface area contributed by atoms with Crippen LogP contribution in [0, 0.1) is 0 Å². The number of benzene rings is 2. The Morgan fingerprint density at radius 1 is 0.950 bits per heavy atom. The van der Waals surface area contributed by atoms with Gasteiger partial charge in [-0.05, 0) is 35.9 Å². The summed E-state index contributed by atoms with van der Waals surface area (Å²) in [6, 6.07) is 11.3. The topological polar surface area (TPSA) is 44.5 Å². The van der Waals surface area contributed by atoms with Crippen LogP contribution in [0.15, 0.2) is 45.3 Å². The fourth-order valence-electron chi connectivity index (χ4n) is 2.01. The van der Waals surface area contributed by atoms with E-state index in [1.54, 1.807) is 14.2 Å². The molecule has 0 spiro atoms. The van der Waals surface area contributed by atoms with Gasteiger partial charge < -0.3 is 15.2 Å². The van der Waals surface area contributed by atoms with Crippen LogP contribution >= 0.6 is 31.9 Å². The first-order valence-electron chi connectivity index (χ1n) is 5.98. The number of halogens is 2. The number of methoxy groups -OCH3 is 2. The van der Waals surface area contributed by atoms with Crippen LogP contribution in [0.3, 0.4) is 0 Å². The summed E-state index contributed by atoms with van der Waals surface area (Å²) in [6.45, 7) is 0. The minimum absolute atomic E-state index is 0.273. The summed E-state index contributed by atoms with van der Waals surface area (Å²) in [5.74, 6) is 1.46. The maximum atomic E-state index is 6.36. The van der Waals surface area contributed by atoms with Gasteiger partial charge in [-0.15, -0.1) is 0 Å². The van der Waals surface area contributed by atoms with Gasteiger partial charge in [-0.1, -0.05) is 31.9 Å². The first-order valence-corrected chi connectivity index (χ1v) is 7.57. The fraction of sp³-hybridized carbons (Fsp3) is 0.200. The second kappa shape index (κ2) is 6.61. The molecule has 0 aliphatic heterocycles. The molecule has 5 heteroatoms. The van der Waals surface area contributed by atoms with Gasteiger partial charge >= 0.3 is 0 Å². The molecular formula is C15H15Br2NO2. The molecule has 0 aliphatic carbocycles. The van der Waals surface area contributed by atoms with Crippen molar-refractivity contribution in [1.29, 1.82) is 0 Å². The van der Waals surface area contributed by atoms with E-state index in [0.29, 0.717) is 5.75 Å². The van der Waals surface area contributed by atoms with Crippen molar-refractivity contribution < 1.29 is 9.47 Å². The fourth-order valence-corrected chi connectivity index (χ4v) is 3.34. The Bertz CT molecular complexity index is 597. The van der Waals surface area contributed by atoms with Crippen molar-refractivity contribution in [2.24, 2.45) is 5.73 Å². The van der Waals surface area contributed by atoms with Crippen LogP contribution < -0.4 is 15.2 Å². The van der Waals surface area contributed by atoms with Crippen molar-refractivity contribution in [3.05, 3.63) is 56.5 Å². The summed E-state index contributed by atoms with van der Waals surface area (Å²) in [7, 11) is 3.25. The van der Waals surface area contributed by atoms with Gasteiger partial charge in [0.05, 0.1) is 20.3 Å². The lowest BCUT2D eigenvalue weighted by Crippen LogP contribution is -2.13. The van der Waals surface area contributed by atoms with E-state index in [1.807, 2.05) is 36.4 Å². The number of hydrogen-bond donors (Lipinski definition) is 1. The minimum atomic E-state index is -0.273. The van der Waals surface area contributed by atoms with E-state index in [-0.39, 0.29) is 6.04 Å². The number of ether oxygens (including phenoxy) is 2. The van der Waals surface area contributed by atoms with Crippen molar-refractivity contribution in [3.8, 4) is 11.5 Å². The standard InChI is InChI=1S/C15H15Br2NO2/c1-19-12-3-4-13(14(8-12)20-2)15(18)9-5-10(16)7-11(17)6-9/h3-8,15H,18H2,1-2H3. The van der Waals surface area contributed by atoms with Gasteiger partial charge in [-0.2, -0.15) is 0 Å². The lowest BCUT2D eigenvalue weighted by Gasteiger charge is -2.17. The van der Waals surface area contributed by atoms with Crippen molar-refractivity contribution in [2.45, 2.75) is 6.04 Å². The quantitative estimate of drug-likeness (QED) is 0.832. The van der Waals surface area contributed by atoms with Gasteiger partial charge in [0.25, 0.3) is 0 Å². The molecule has 20 heavy (non-hydrogen) atoms. The highest BCUT2D eigenvalue weighted by atomic mass is 79.9. The van der Waals surface area contributed by atoms with Gasteiger partial charge in [-0.25, -0.2) is 0 Å². The second-order valence-electron chi connectivity index (χ2n) is 4.29. The first kappa shape index (κ1) is 15.4. The minimum Gasteiger partial charge on any atom is -0.497 e. The lowest BCUT2D eigenvalue weighted by atomic mass is 9.98. The predicted molar refractivity (Wildman–Crippen MR) is 87.4 cm³/mol. The van der Waals surface area contributed by atoms with Crippen molar-refractivity contribution in [3.63, 3.8) is 0 Å². The van der Waals surface area contributed by atoms with Crippen LogP contribution in [0.4, 0.5) is 0 Å². The molecule has 0 aliphatic rings. The van der Waals surface area contributed by atoms with Crippen molar-refractivity contribution >= 4 is 31.9 Å². The molecule has 0 radical (unpaired) electrons. The van der Waals surface area contributed by atoms with Crippen LogP contribution in [-0.4, -0.2) is 14.2 Å². The molecule has 3 nitrogen and oxygen atoms in total. The van der Waals surface area contributed by atoms with E-state index in [0.717, 1.165) is 25.8 Å². The average Bonchev–Trinajstić information content (AvgIpc) is 2.44. The maximum absolute atomic E-state index is 6.36. The molecule has 0 bridgehead atoms. The SMILES string of the molecule is COc1ccc(C(N)c2cc(Br)cc(Br)c2)c(OC)c1. The van der Waals surface area contributed by atoms with Gasteiger partial charge in [0.2, 0.25) is 0 Å². The van der Waals surface area contributed by atoms with Gasteiger partial charge in [-0.3, -0.25) is 0 Å². The maximum Gasteiger partial charge on any atom is 0.127 e. The summed E-state index contributed by atoms with van der Waals surface area (Å²) < 4.78 is 12.6. The van der Waals surface area contributed by atoms with E-state index in [2.05, 4.69) is 31.9 Å². The van der Waals surface area contributed by atoms with Gasteiger partial charge in [0.15, 0.2) is 0 Å². The van der Waals surface area contributed by atoms with Crippen molar-refractivity contribution in [2.75, 3.05) is 14.2 Å². The third-order valence-electron chi connectivity index (χ3n) is 3.02. The summed E-state index contributed by atoms with van der Waals surface area (Å²) in [5, 5.41) is 0. The Morgan fingerprint density at radius 3 is 2.15 bits per heavy atom. The molecule has 0 fully saturated rings. The zero-order valence-electron chi connectivity index (χ0n) is 11.2. The van der Waals surface area contributed by atoms with Crippen LogP contribution in [-0.2, 0) is 0 Å². The Labute approximate surface area is 135 Å². The van der Waals surface area contributed by atoms with E-state index < -0.39 is 0 Å². The summed E-state index contributed by atoms with van der Waals surface area (Å²) in [4.78, 5) is 0. The molecule has 2 aromatic rings. The Morgan fingerprint density at radius 2 is 1.60 bits per heavy atom. The molecule has 0 saturated heterocycles. The summed E-state index contributed by atoms with van der Waals surface area (Å²) >= 11 is 6.95. The Hall–Kier alpha value is -1.04. The lowest BCUT2D eigenvalue weighted by molar-refractivity contribution is 0.390. The van der Waals surface area contributed by atoms with Gasteiger partial charge in [0, 0.05) is 20.6 Å². The molecule has 1 unspecified atom stereocenters. The third-order valence-corrected chi connectivity index (χ3v) is 3.94. The molecule has 0 amide bonds. The molecule has 2 N–H and O–H groups in total. The molecule has 2 rings (SSSR count). The Balaban J connectivity index is 2.44. The Kier molecular flexibility index (Phi) is 5.07. The van der Waals surface area contributed by atoms with Crippen LogP contribution in [0.5, 0.6) is 11.5 Å². The number of nitrogens with two attached hydrogens (primary N) is 1. The highest BCUT2D eigenvalue weighted by Crippen LogP contribution is 2.33. The predicted octanol–water partition coefficient (Wildman–Crippen LogP) is 4.28. The van der Waals surface area contributed by atoms with E-state index in [4.69, 9.17) is 15.2 Å². The van der Waals surface area contributed by atoms with E-state index in [1.165, 1.54) is 0 Å². The average molecular weight is 401 g/mol. The van der Waals surface area contributed by atoms with Gasteiger partial charge in [0.1, 0.15) is 11.5 Å². The highest BCUT2D eigenvalue weighted by Gasteiger charge is 2.15. The monoisotopic (exact) mass is 399 g/mol. The number of rotatable bonds is 4. The molecule has 1 atom stereocenters. The highest BCUT2D eigenvalue weighted by molar-refractivity contribution is 9.11. The molecule has 0 aromatic heterocycles. The smallest absolute Gasteiger partial charge is 0.127 e. The molecule has 106 valence electrons. The second-order valence-corrected chi connectivity index (χ2v) is 6.12. The zero-order chi connectivity index (χ0) is 14.7. The largest absolute Gasteiger partial charge is 0.497 e.